The van der Waals surface area contributed by atoms with E-state index in [1.165, 1.54) is 27.6 Å². The lowest BCUT2D eigenvalue weighted by molar-refractivity contribution is 0.221. The molecule has 41 heavy (non-hydrogen) atoms. The number of hydrogen-bond donors (Lipinski definition) is 1. The lowest BCUT2D eigenvalue weighted by Gasteiger charge is -2.15. The van der Waals surface area contributed by atoms with Gasteiger partial charge in [0.05, 0.1) is 46.9 Å². The highest BCUT2D eigenvalue weighted by Gasteiger charge is 2.24. The summed E-state index contributed by atoms with van der Waals surface area (Å²) >= 11 is 9.67. The van der Waals surface area contributed by atoms with Crippen molar-refractivity contribution in [3.05, 3.63) is 51.5 Å². The summed E-state index contributed by atoms with van der Waals surface area (Å²) in [7, 11) is -5.71. The smallest absolute Gasteiger partial charge is 0.337 e. The molecular formula is C27H40N2O6P2S4. The first-order chi connectivity index (χ1) is 19.5. The second kappa shape index (κ2) is 18.0. The molecule has 0 aliphatic heterocycles. The number of thioether (sulfide) groups is 1. The van der Waals surface area contributed by atoms with Crippen molar-refractivity contribution in [1.82, 2.24) is 9.97 Å². The minimum absolute atomic E-state index is 0.299. The Hall–Kier alpha value is -0.910. The molecule has 2 aromatic heterocycles. The first-order valence-electron chi connectivity index (χ1n) is 13.4. The van der Waals surface area contributed by atoms with Crippen LogP contribution in [0.1, 0.15) is 45.7 Å². The standard InChI is InChI=1S/C13H18NO3PS2.C8H7NS2.C6H15O3P/c1-4-16-18(15,17-5-2)9-19-13-14-11-8-10(3)6-7-12(11)20-13;1-5-2-3-7-6(4-5)9-8(10)11-7;1-4-8-10(7,6-3)9-5-2/h6-8H,4-5,9H2,1-3H3;2-4H,1H3,(H,9,10);4-6H2,1-3H3. The van der Waals surface area contributed by atoms with Crippen LogP contribution in [0.25, 0.3) is 20.4 Å². The zero-order chi connectivity index (χ0) is 30.5. The van der Waals surface area contributed by atoms with Crippen LogP contribution in [0.2, 0.25) is 0 Å². The molecule has 0 radical (unpaired) electrons. The predicted octanol–water partition coefficient (Wildman–Crippen LogP) is 10.5. The fourth-order valence-electron chi connectivity index (χ4n) is 3.40. The number of aromatic nitrogens is 2. The minimum atomic E-state index is -3.01. The van der Waals surface area contributed by atoms with Crippen LogP contribution in [0.3, 0.4) is 0 Å². The number of fused-ring (bicyclic) bond motifs is 2. The first-order valence-corrected chi connectivity index (χ1v) is 19.8. The Balaban J connectivity index is 0.000000237. The molecule has 14 heteroatoms. The third kappa shape index (κ3) is 12.3. The fourth-order valence-corrected chi connectivity index (χ4v) is 10.1. The molecule has 4 aromatic rings. The summed E-state index contributed by atoms with van der Waals surface area (Å²) in [5.74, 6) is 0. The van der Waals surface area contributed by atoms with E-state index in [1.807, 2.05) is 20.8 Å². The molecule has 0 aliphatic carbocycles. The van der Waals surface area contributed by atoms with Gasteiger partial charge in [0.15, 0.2) is 8.29 Å². The summed E-state index contributed by atoms with van der Waals surface area (Å²) in [5.41, 5.74) is 4.89. The average molecular weight is 679 g/mol. The monoisotopic (exact) mass is 678 g/mol. The van der Waals surface area contributed by atoms with Crippen molar-refractivity contribution in [3.8, 4) is 0 Å². The molecule has 4 rings (SSSR count). The van der Waals surface area contributed by atoms with Gasteiger partial charge in [-0.2, -0.15) is 0 Å². The molecule has 0 saturated carbocycles. The van der Waals surface area contributed by atoms with Gasteiger partial charge in [-0.15, -0.1) is 22.7 Å². The van der Waals surface area contributed by atoms with Crippen LogP contribution >= 0.6 is 61.8 Å². The first kappa shape index (κ1) is 36.3. The van der Waals surface area contributed by atoms with Crippen molar-refractivity contribution in [2.45, 2.75) is 52.8 Å². The number of aryl methyl sites for hydroxylation is 2. The highest BCUT2D eigenvalue weighted by molar-refractivity contribution is 8.06. The predicted molar refractivity (Wildman–Crippen MR) is 179 cm³/mol. The van der Waals surface area contributed by atoms with Crippen molar-refractivity contribution in [2.75, 3.05) is 38.1 Å². The molecule has 0 amide bonds. The Bertz CT molecular complexity index is 1500. The van der Waals surface area contributed by atoms with Crippen LogP contribution in [-0.2, 0) is 27.2 Å². The Labute approximate surface area is 260 Å². The summed E-state index contributed by atoms with van der Waals surface area (Å²) in [6.07, 6.45) is 0.453. The Morgan fingerprint density at radius 1 is 0.805 bits per heavy atom. The Morgan fingerprint density at radius 2 is 1.34 bits per heavy atom. The summed E-state index contributed by atoms with van der Waals surface area (Å²) in [4.78, 5) is 7.68. The molecule has 0 fully saturated rings. The third-order valence-electron chi connectivity index (χ3n) is 5.13. The van der Waals surface area contributed by atoms with E-state index < -0.39 is 15.2 Å². The van der Waals surface area contributed by atoms with Gasteiger partial charge < -0.3 is 23.1 Å². The van der Waals surface area contributed by atoms with E-state index in [9.17, 15) is 9.13 Å². The van der Waals surface area contributed by atoms with Gasteiger partial charge in [0, 0.05) is 6.16 Å². The van der Waals surface area contributed by atoms with Crippen molar-refractivity contribution in [3.63, 3.8) is 0 Å². The number of H-pyrrole nitrogens is 1. The van der Waals surface area contributed by atoms with Gasteiger partial charge in [0.25, 0.3) is 0 Å². The number of aromatic amines is 1. The summed E-state index contributed by atoms with van der Waals surface area (Å²) in [6.45, 7) is 14.8. The van der Waals surface area contributed by atoms with E-state index in [0.29, 0.717) is 38.1 Å². The van der Waals surface area contributed by atoms with Crippen molar-refractivity contribution < 1.29 is 27.2 Å². The topological polar surface area (TPSA) is 99.7 Å². The van der Waals surface area contributed by atoms with Gasteiger partial charge in [-0.05, 0) is 89.2 Å². The molecular weight excluding hydrogens is 639 g/mol. The second-order valence-corrected chi connectivity index (χ2v) is 17.3. The molecule has 8 nitrogen and oxygen atoms in total. The molecule has 0 saturated heterocycles. The quantitative estimate of drug-likeness (QED) is 0.0891. The van der Waals surface area contributed by atoms with Gasteiger partial charge >= 0.3 is 15.2 Å². The van der Waals surface area contributed by atoms with Gasteiger partial charge in [-0.3, -0.25) is 9.13 Å². The number of thiazole rings is 2. The SMILES string of the molecule is CCOP(=O)(CC)OCC.CCOP(=O)(CSc1nc2cc(C)ccc2s1)OCC.Cc1ccc2sc(=S)[nH]c2c1. The fraction of sp³-hybridized carbons (Fsp3) is 0.481. The third-order valence-corrected chi connectivity index (χ3v) is 13.3. The zero-order valence-corrected chi connectivity index (χ0v) is 29.7. The van der Waals surface area contributed by atoms with Crippen molar-refractivity contribution in [1.29, 1.82) is 0 Å². The molecule has 1 N–H and O–H groups in total. The van der Waals surface area contributed by atoms with Crippen LogP contribution < -0.4 is 0 Å². The van der Waals surface area contributed by atoms with E-state index in [2.05, 4.69) is 53.3 Å². The van der Waals surface area contributed by atoms with E-state index in [-0.39, 0.29) is 0 Å². The zero-order valence-electron chi connectivity index (χ0n) is 24.6. The van der Waals surface area contributed by atoms with Gasteiger partial charge in [0.2, 0.25) is 0 Å². The number of nitrogens with zero attached hydrogens (tertiary/aromatic N) is 1. The summed E-state index contributed by atoms with van der Waals surface area (Å²) < 4.78 is 48.3. The molecule has 0 atom stereocenters. The van der Waals surface area contributed by atoms with Crippen molar-refractivity contribution >= 4 is 82.3 Å². The van der Waals surface area contributed by atoms with Crippen LogP contribution in [0.5, 0.6) is 0 Å². The molecule has 2 heterocycles. The average Bonchev–Trinajstić information content (AvgIpc) is 3.50. The van der Waals surface area contributed by atoms with E-state index in [0.717, 1.165) is 24.0 Å². The number of benzene rings is 2. The maximum Gasteiger partial charge on any atom is 0.340 e. The number of hydrogen-bond acceptors (Lipinski definition) is 11. The molecule has 0 aliphatic rings. The van der Waals surface area contributed by atoms with E-state index in [4.69, 9.17) is 30.3 Å². The molecule has 0 unspecified atom stereocenters. The molecule has 228 valence electrons. The van der Waals surface area contributed by atoms with Gasteiger partial charge in [0.1, 0.15) is 5.49 Å². The second-order valence-electron chi connectivity index (χ2n) is 8.45. The van der Waals surface area contributed by atoms with Gasteiger partial charge in [-0.1, -0.05) is 30.8 Å². The Morgan fingerprint density at radius 3 is 1.90 bits per heavy atom. The number of nitrogens with one attached hydrogen (secondary N) is 1. The largest absolute Gasteiger partial charge is 0.340 e. The maximum atomic E-state index is 12.4. The van der Waals surface area contributed by atoms with E-state index >= 15 is 0 Å². The minimum Gasteiger partial charge on any atom is -0.337 e. The van der Waals surface area contributed by atoms with E-state index in [1.54, 1.807) is 43.4 Å². The van der Waals surface area contributed by atoms with Crippen molar-refractivity contribution in [2.24, 2.45) is 0 Å². The van der Waals surface area contributed by atoms with Crippen LogP contribution in [0, 0.1) is 17.8 Å². The van der Waals surface area contributed by atoms with Crippen LogP contribution in [-0.4, -0.2) is 48.1 Å². The van der Waals surface area contributed by atoms with Gasteiger partial charge in [-0.25, -0.2) is 4.98 Å². The van der Waals surface area contributed by atoms with Crippen LogP contribution in [0.4, 0.5) is 0 Å². The maximum absolute atomic E-state index is 12.4. The normalized spacial score (nSPS) is 11.7. The van der Waals surface area contributed by atoms with Crippen LogP contribution in [0.15, 0.2) is 40.7 Å². The Kier molecular flexibility index (Phi) is 16.0. The molecule has 2 aromatic carbocycles. The summed E-state index contributed by atoms with van der Waals surface area (Å²) in [6, 6.07) is 12.5. The lowest BCUT2D eigenvalue weighted by Crippen LogP contribution is -1.97. The highest BCUT2D eigenvalue weighted by Crippen LogP contribution is 2.52. The molecule has 0 spiro atoms. The molecule has 0 bridgehead atoms. The number of rotatable bonds is 12. The lowest BCUT2D eigenvalue weighted by atomic mass is 10.2. The highest BCUT2D eigenvalue weighted by atomic mass is 32.2. The summed E-state index contributed by atoms with van der Waals surface area (Å²) in [5, 5.41) is 0.